The van der Waals surface area contributed by atoms with Gasteiger partial charge in [0.15, 0.2) is 24.1 Å². The molecule has 1 fully saturated rings. The van der Waals surface area contributed by atoms with Crippen molar-refractivity contribution < 1.29 is 68.4 Å². The maximum absolute atomic E-state index is 13.6. The monoisotopic (exact) mass is 790 g/mol. The average molecular weight is 791 g/mol. The number of hydrogen-bond acceptors (Lipinski definition) is 15. The Hall–Kier alpha value is -5.20. The van der Waals surface area contributed by atoms with Gasteiger partial charge < -0.3 is 55.0 Å². The van der Waals surface area contributed by atoms with Gasteiger partial charge in [0, 0.05) is 48.6 Å². The molecule has 0 saturated carbocycles. The topological polar surface area (TPSA) is 245 Å². The number of benzene rings is 3. The first-order valence-electron chi connectivity index (χ1n) is 18.5. The number of hydrogen-bond donors (Lipinski definition) is 6. The van der Waals surface area contributed by atoms with E-state index in [1.807, 2.05) is 43.3 Å². The summed E-state index contributed by atoms with van der Waals surface area (Å²) < 4.78 is 27.6. The number of carbonyl (C=O) groups excluding carboxylic acids is 4. The van der Waals surface area contributed by atoms with Gasteiger partial charge in [-0.1, -0.05) is 36.4 Å². The molecule has 0 aromatic heterocycles. The lowest BCUT2D eigenvalue weighted by Crippen LogP contribution is -2.53. The molecule has 3 aromatic carbocycles. The van der Waals surface area contributed by atoms with Gasteiger partial charge in [-0.25, -0.2) is 9.69 Å². The molecule has 7 rings (SSSR count). The van der Waals surface area contributed by atoms with Gasteiger partial charge in [0.25, 0.3) is 0 Å². The first kappa shape index (κ1) is 41.4. The highest BCUT2D eigenvalue weighted by Crippen LogP contribution is 2.52. The molecular formula is C41H46N2O14. The molecule has 57 heavy (non-hydrogen) atoms. The highest BCUT2D eigenvalue weighted by Gasteiger charge is 2.50. The number of aromatic hydroxyl groups is 2. The van der Waals surface area contributed by atoms with Gasteiger partial charge in [0.05, 0.1) is 54.4 Å². The van der Waals surface area contributed by atoms with Crippen molar-refractivity contribution in [2.45, 2.75) is 82.5 Å². The van der Waals surface area contributed by atoms with Crippen LogP contribution in [0.25, 0.3) is 6.08 Å². The normalized spacial score (nSPS) is 25.9. The SMILES string of the molecule is CCOC(=O)N1c2ccccc2C=CC1OCC.COc1cccc2c1C(=O)c1c(O)c3c(c(O)c1C2=O)C[C@@](O)(C(=O)CO)C[C@@H]3O[C@H]1C[C@H](N)[C@H](O)[C@H](C)O1. The molecule has 1 saturated heterocycles. The lowest BCUT2D eigenvalue weighted by atomic mass is 9.72. The summed E-state index contributed by atoms with van der Waals surface area (Å²) in [6, 6.07) is 11.3. The first-order chi connectivity index (χ1) is 27.2. The smallest absolute Gasteiger partial charge is 0.416 e. The molecule has 304 valence electrons. The largest absolute Gasteiger partial charge is 0.507 e. The zero-order valence-corrected chi connectivity index (χ0v) is 31.8. The number of carbonyl (C=O) groups is 4. The molecule has 2 aliphatic heterocycles. The number of anilines is 1. The summed E-state index contributed by atoms with van der Waals surface area (Å²) in [4.78, 5) is 53.3. The van der Waals surface area contributed by atoms with E-state index in [1.165, 1.54) is 25.3 Å². The van der Waals surface area contributed by atoms with Crippen molar-refractivity contribution in [1.82, 2.24) is 0 Å². The van der Waals surface area contributed by atoms with Gasteiger partial charge in [0.1, 0.15) is 29.5 Å². The van der Waals surface area contributed by atoms with Crippen LogP contribution < -0.4 is 15.4 Å². The maximum atomic E-state index is 13.6. The second-order valence-electron chi connectivity index (χ2n) is 14.0. The number of rotatable bonds is 8. The van der Waals surface area contributed by atoms with Crippen LogP contribution in [0.1, 0.15) is 88.3 Å². The second kappa shape index (κ2) is 16.7. The number of aliphatic hydroxyl groups excluding tert-OH is 2. The van der Waals surface area contributed by atoms with Crippen molar-refractivity contribution in [3.8, 4) is 17.2 Å². The van der Waals surface area contributed by atoms with Crippen LogP contribution in [0.3, 0.4) is 0 Å². The van der Waals surface area contributed by atoms with Gasteiger partial charge in [-0.15, -0.1) is 0 Å². The molecule has 3 aromatic rings. The van der Waals surface area contributed by atoms with Crippen LogP contribution in [0.4, 0.5) is 10.5 Å². The van der Waals surface area contributed by atoms with E-state index in [0.717, 1.165) is 11.3 Å². The predicted molar refractivity (Wildman–Crippen MR) is 202 cm³/mol. The third-order valence-electron chi connectivity index (χ3n) is 10.5. The summed E-state index contributed by atoms with van der Waals surface area (Å²) in [5, 5.41) is 53.7. The number of amides is 1. The maximum Gasteiger partial charge on any atom is 0.416 e. The summed E-state index contributed by atoms with van der Waals surface area (Å²) in [6.45, 7) is 5.13. The minimum Gasteiger partial charge on any atom is -0.507 e. The highest BCUT2D eigenvalue weighted by molar-refractivity contribution is 6.31. The van der Waals surface area contributed by atoms with E-state index in [4.69, 9.17) is 29.4 Å². The molecule has 2 aliphatic carbocycles. The minimum absolute atomic E-state index is 0.0173. The van der Waals surface area contributed by atoms with Gasteiger partial charge >= 0.3 is 6.09 Å². The van der Waals surface area contributed by atoms with Crippen LogP contribution in [0.5, 0.6) is 17.2 Å². The van der Waals surface area contributed by atoms with E-state index in [9.17, 15) is 44.7 Å². The Morgan fingerprint density at radius 1 is 1.00 bits per heavy atom. The van der Waals surface area contributed by atoms with Gasteiger partial charge in [0.2, 0.25) is 5.78 Å². The lowest BCUT2D eigenvalue weighted by Gasteiger charge is -2.42. The fourth-order valence-electron chi connectivity index (χ4n) is 7.70. The molecule has 0 radical (unpaired) electrons. The summed E-state index contributed by atoms with van der Waals surface area (Å²) in [5.74, 6) is -3.77. The number of nitrogens with zero attached hydrogens (tertiary/aromatic N) is 1. The third kappa shape index (κ3) is 7.52. The summed E-state index contributed by atoms with van der Waals surface area (Å²) in [6.07, 6.45) is -2.08. The Balaban J connectivity index is 0.000000255. The van der Waals surface area contributed by atoms with Crippen molar-refractivity contribution in [2.75, 3.05) is 31.8 Å². The number of nitrogens with two attached hydrogens (primary N) is 1. The van der Waals surface area contributed by atoms with E-state index in [-0.39, 0.29) is 40.5 Å². The summed E-state index contributed by atoms with van der Waals surface area (Å²) in [5.41, 5.74) is 4.18. The van der Waals surface area contributed by atoms with Crippen LogP contribution in [0, 0.1) is 0 Å². The van der Waals surface area contributed by atoms with Crippen molar-refractivity contribution in [2.24, 2.45) is 5.73 Å². The molecule has 1 amide bonds. The zero-order valence-electron chi connectivity index (χ0n) is 31.8. The Labute approximate surface area is 328 Å². The number of aliphatic hydroxyl groups is 3. The average Bonchev–Trinajstić information content (AvgIpc) is 3.19. The molecule has 0 spiro atoms. The minimum atomic E-state index is -2.24. The number of Topliss-reactive ketones (excluding diaryl/α,β-unsaturated/α-hetero) is 1. The third-order valence-corrected chi connectivity index (χ3v) is 10.5. The first-order valence-corrected chi connectivity index (χ1v) is 18.5. The molecular weight excluding hydrogens is 744 g/mol. The Morgan fingerprint density at radius 3 is 2.39 bits per heavy atom. The van der Waals surface area contributed by atoms with Crippen LogP contribution in [-0.4, -0.2) is 112 Å². The van der Waals surface area contributed by atoms with Crippen LogP contribution in [0.15, 0.2) is 48.5 Å². The number of ether oxygens (including phenoxy) is 5. The molecule has 16 heteroatoms. The fourth-order valence-corrected chi connectivity index (χ4v) is 7.70. The Kier molecular flexibility index (Phi) is 12.2. The second-order valence-corrected chi connectivity index (χ2v) is 14.0. The number of methoxy groups -OCH3 is 1. The molecule has 7 N–H and O–H groups in total. The zero-order chi connectivity index (χ0) is 41.3. The van der Waals surface area contributed by atoms with E-state index < -0.39 is 102 Å². The molecule has 7 atom stereocenters. The molecule has 1 unspecified atom stereocenters. The number of para-hydroxylation sites is 1. The van der Waals surface area contributed by atoms with Crippen LogP contribution in [-0.2, 0) is 30.2 Å². The van der Waals surface area contributed by atoms with E-state index in [0.29, 0.717) is 13.2 Å². The quantitative estimate of drug-likeness (QED) is 0.141. The molecule has 2 heterocycles. The number of phenols is 2. The van der Waals surface area contributed by atoms with Crippen molar-refractivity contribution in [3.05, 3.63) is 87.5 Å². The molecule has 0 bridgehead atoms. The standard InChI is InChI=1S/C27H29NO11.C14H17NO3/c1-10-22(31)13(28)6-17(38-10)39-15-8-27(36,16(30)9-29)7-12-19(15)26(35)21-20(24(12)33)23(32)11-4-3-5-14(37-2)18(11)25(21)34;1-3-17-13-10-9-11-7-5-6-8-12(11)15(13)14(16)18-4-2/h3-5,10,13,15,17,22,29,31,33,35-36H,6-9,28H2,1-2H3;5-10,13H,3-4H2,1-2H3/t10-,13-,15-,17-,22+,27-;/m0./s1. The van der Waals surface area contributed by atoms with E-state index in [1.54, 1.807) is 18.7 Å². The summed E-state index contributed by atoms with van der Waals surface area (Å²) >= 11 is 0. The fraction of sp³-hybridized carbons (Fsp3) is 0.415. The number of ketones is 3. The Bertz CT molecular complexity index is 2090. The lowest BCUT2D eigenvalue weighted by molar-refractivity contribution is -0.247. The van der Waals surface area contributed by atoms with Gasteiger partial charge in [-0.05, 0) is 44.5 Å². The van der Waals surface area contributed by atoms with Gasteiger partial charge in [-0.2, -0.15) is 0 Å². The number of phenolic OH excluding ortho intramolecular Hbond substituents is 2. The summed E-state index contributed by atoms with van der Waals surface area (Å²) in [7, 11) is 1.32. The van der Waals surface area contributed by atoms with Crippen LogP contribution in [0.2, 0.25) is 0 Å². The Morgan fingerprint density at radius 2 is 1.72 bits per heavy atom. The van der Waals surface area contributed by atoms with E-state index >= 15 is 0 Å². The van der Waals surface area contributed by atoms with Crippen molar-refractivity contribution >= 4 is 35.2 Å². The van der Waals surface area contributed by atoms with Crippen molar-refractivity contribution in [1.29, 1.82) is 0 Å². The van der Waals surface area contributed by atoms with Crippen LogP contribution >= 0.6 is 0 Å². The predicted octanol–water partition coefficient (Wildman–Crippen LogP) is 3.04. The molecule has 16 nitrogen and oxygen atoms in total. The van der Waals surface area contributed by atoms with Gasteiger partial charge in [-0.3, -0.25) is 14.4 Å². The number of fused-ring (bicyclic) bond motifs is 4. The van der Waals surface area contributed by atoms with Crippen molar-refractivity contribution in [3.63, 3.8) is 0 Å². The highest BCUT2D eigenvalue weighted by atomic mass is 16.7. The van der Waals surface area contributed by atoms with E-state index in [2.05, 4.69) is 0 Å². The molecule has 4 aliphatic rings.